The van der Waals surface area contributed by atoms with Gasteiger partial charge in [-0.1, -0.05) is 35.9 Å². The molecule has 1 atom stereocenters. The zero-order valence-electron chi connectivity index (χ0n) is 18.2. The Labute approximate surface area is 194 Å². The van der Waals surface area contributed by atoms with Gasteiger partial charge in [0.15, 0.2) is 0 Å². The zero-order valence-corrected chi connectivity index (χ0v) is 19.0. The SMILES string of the molecule is CN=C(C)C(NC(=O)c1ccc(C(CC(=N)C(F)(F)F)=Nc2ccccc2Cl)cc1)C(C)=N. The number of nitrogens with one attached hydrogen (secondary N) is 3. The Morgan fingerprint density at radius 1 is 1.06 bits per heavy atom. The van der Waals surface area contributed by atoms with Crippen LogP contribution in [0.2, 0.25) is 5.02 Å². The highest BCUT2D eigenvalue weighted by atomic mass is 35.5. The maximum absolute atomic E-state index is 13.0. The van der Waals surface area contributed by atoms with E-state index in [4.69, 9.17) is 22.4 Å². The molecule has 0 aliphatic carbocycles. The Morgan fingerprint density at radius 3 is 2.15 bits per heavy atom. The highest BCUT2D eigenvalue weighted by Crippen LogP contribution is 2.27. The summed E-state index contributed by atoms with van der Waals surface area (Å²) in [6.45, 7) is 3.24. The van der Waals surface area contributed by atoms with Crippen molar-refractivity contribution in [1.82, 2.24) is 5.32 Å². The molecular formula is C23H23ClF3N5O. The van der Waals surface area contributed by atoms with E-state index in [1.807, 2.05) is 0 Å². The summed E-state index contributed by atoms with van der Waals surface area (Å²) in [5, 5.41) is 18.2. The van der Waals surface area contributed by atoms with Crippen molar-refractivity contribution in [2.24, 2.45) is 9.98 Å². The van der Waals surface area contributed by atoms with Crippen LogP contribution >= 0.6 is 11.6 Å². The maximum Gasteiger partial charge on any atom is 0.429 e. The molecule has 0 aliphatic rings. The lowest BCUT2D eigenvalue weighted by molar-refractivity contribution is -0.0605. The number of para-hydroxylation sites is 1. The minimum atomic E-state index is -4.79. The first-order valence-corrected chi connectivity index (χ1v) is 10.2. The molecule has 0 spiro atoms. The number of hydrogen-bond acceptors (Lipinski definition) is 5. The number of nitrogens with zero attached hydrogens (tertiary/aromatic N) is 2. The van der Waals surface area contributed by atoms with Crippen molar-refractivity contribution in [3.63, 3.8) is 0 Å². The highest BCUT2D eigenvalue weighted by Gasteiger charge is 2.35. The minimum Gasteiger partial charge on any atom is -0.339 e. The molecule has 174 valence electrons. The Bertz CT molecular complexity index is 1110. The summed E-state index contributed by atoms with van der Waals surface area (Å²) in [4.78, 5) is 20.9. The van der Waals surface area contributed by atoms with E-state index in [9.17, 15) is 18.0 Å². The van der Waals surface area contributed by atoms with Crippen LogP contribution in [-0.2, 0) is 0 Å². The van der Waals surface area contributed by atoms with Gasteiger partial charge in [-0.3, -0.25) is 14.8 Å². The fourth-order valence-corrected chi connectivity index (χ4v) is 3.02. The van der Waals surface area contributed by atoms with E-state index in [0.717, 1.165) is 0 Å². The summed E-state index contributed by atoms with van der Waals surface area (Å²) in [7, 11) is 1.56. The van der Waals surface area contributed by atoms with Crippen molar-refractivity contribution in [2.45, 2.75) is 32.5 Å². The molecule has 0 heterocycles. The molecule has 0 saturated carbocycles. The van der Waals surface area contributed by atoms with Crippen LogP contribution in [0.3, 0.4) is 0 Å². The second-order valence-electron chi connectivity index (χ2n) is 7.19. The van der Waals surface area contributed by atoms with Crippen molar-refractivity contribution in [1.29, 1.82) is 10.8 Å². The quantitative estimate of drug-likeness (QED) is 0.419. The molecule has 33 heavy (non-hydrogen) atoms. The van der Waals surface area contributed by atoms with Crippen molar-refractivity contribution in [2.75, 3.05) is 7.05 Å². The number of hydrogen-bond donors (Lipinski definition) is 3. The van der Waals surface area contributed by atoms with Crippen LogP contribution < -0.4 is 5.32 Å². The van der Waals surface area contributed by atoms with Gasteiger partial charge in [-0.25, -0.2) is 0 Å². The van der Waals surface area contributed by atoms with E-state index in [-0.39, 0.29) is 27.7 Å². The number of benzene rings is 2. The maximum atomic E-state index is 13.0. The predicted molar refractivity (Wildman–Crippen MR) is 126 cm³/mol. The van der Waals surface area contributed by atoms with Crippen molar-refractivity contribution in [3.05, 3.63) is 64.7 Å². The average Bonchev–Trinajstić information content (AvgIpc) is 2.76. The smallest absolute Gasteiger partial charge is 0.339 e. The Hall–Kier alpha value is -3.33. The van der Waals surface area contributed by atoms with Crippen LogP contribution in [-0.4, -0.2) is 48.0 Å². The van der Waals surface area contributed by atoms with Gasteiger partial charge < -0.3 is 16.1 Å². The van der Waals surface area contributed by atoms with Crippen LogP contribution in [0.5, 0.6) is 0 Å². The van der Waals surface area contributed by atoms with E-state index >= 15 is 0 Å². The summed E-state index contributed by atoms with van der Waals surface area (Å²) in [5.74, 6) is -0.464. The molecule has 2 aromatic carbocycles. The summed E-state index contributed by atoms with van der Waals surface area (Å²) >= 11 is 6.10. The van der Waals surface area contributed by atoms with Gasteiger partial charge in [0.05, 0.1) is 16.4 Å². The van der Waals surface area contributed by atoms with Crippen LogP contribution in [0.15, 0.2) is 58.5 Å². The number of amides is 1. The summed E-state index contributed by atoms with van der Waals surface area (Å²) in [6.07, 6.45) is -5.55. The first kappa shape index (κ1) is 25.9. The van der Waals surface area contributed by atoms with Gasteiger partial charge in [0.1, 0.15) is 11.8 Å². The van der Waals surface area contributed by atoms with Gasteiger partial charge >= 0.3 is 6.18 Å². The predicted octanol–water partition coefficient (Wildman–Crippen LogP) is 5.66. The Kier molecular flexibility index (Phi) is 8.64. The van der Waals surface area contributed by atoms with E-state index in [2.05, 4.69) is 15.3 Å². The fraction of sp³-hybridized carbons (Fsp3) is 0.261. The van der Waals surface area contributed by atoms with Crippen molar-refractivity contribution in [3.8, 4) is 0 Å². The monoisotopic (exact) mass is 477 g/mol. The lowest BCUT2D eigenvalue weighted by atomic mass is 10.0. The standard InChI is InChI=1S/C23H23ClF3N5O/c1-13(28)21(14(2)30-3)32-22(33)16-10-8-15(9-11-16)19(12-20(29)23(25,26)27)31-18-7-5-4-6-17(18)24/h4-11,21,28-29H,12H2,1-3H3,(H,32,33). The third kappa shape index (κ3) is 7.08. The third-order valence-electron chi connectivity index (χ3n) is 4.75. The number of aliphatic imine (C=N–C) groups is 2. The highest BCUT2D eigenvalue weighted by molar-refractivity contribution is 6.33. The summed E-state index contributed by atoms with van der Waals surface area (Å²) < 4.78 is 39.0. The fourth-order valence-electron chi connectivity index (χ4n) is 2.85. The number of carbonyl (C=O) groups excluding carboxylic acids is 1. The second-order valence-corrected chi connectivity index (χ2v) is 7.60. The average molecular weight is 478 g/mol. The Morgan fingerprint density at radius 2 is 1.64 bits per heavy atom. The van der Waals surface area contributed by atoms with Crippen LogP contribution in [0.25, 0.3) is 0 Å². The molecule has 0 bridgehead atoms. The van der Waals surface area contributed by atoms with Gasteiger partial charge in [-0.05, 0) is 43.7 Å². The molecule has 0 aromatic heterocycles. The molecule has 2 aromatic rings. The molecule has 0 radical (unpaired) electrons. The third-order valence-corrected chi connectivity index (χ3v) is 5.07. The molecule has 3 N–H and O–H groups in total. The van der Waals surface area contributed by atoms with Crippen molar-refractivity contribution < 1.29 is 18.0 Å². The number of halogens is 4. The van der Waals surface area contributed by atoms with Gasteiger partial charge in [0.2, 0.25) is 0 Å². The number of rotatable bonds is 8. The molecule has 0 aliphatic heterocycles. The molecule has 1 unspecified atom stereocenters. The largest absolute Gasteiger partial charge is 0.429 e. The van der Waals surface area contributed by atoms with Gasteiger partial charge in [0.25, 0.3) is 5.91 Å². The Balaban J connectivity index is 2.37. The van der Waals surface area contributed by atoms with Gasteiger partial charge in [0, 0.05) is 30.5 Å². The summed E-state index contributed by atoms with van der Waals surface area (Å²) in [5.41, 5.74) is 0.136. The molecule has 0 saturated heterocycles. The second kappa shape index (κ2) is 11.0. The molecule has 10 heteroatoms. The van der Waals surface area contributed by atoms with Crippen LogP contribution in [0.4, 0.5) is 18.9 Å². The van der Waals surface area contributed by atoms with Crippen molar-refractivity contribution >= 4 is 46.0 Å². The molecule has 1 amide bonds. The topological polar surface area (TPSA) is 102 Å². The van der Waals surface area contributed by atoms with Crippen LogP contribution in [0, 0.1) is 10.8 Å². The van der Waals surface area contributed by atoms with E-state index in [1.165, 1.54) is 24.3 Å². The number of carbonyl (C=O) groups is 1. The first-order valence-electron chi connectivity index (χ1n) is 9.80. The minimum absolute atomic E-state index is 0.0143. The van der Waals surface area contributed by atoms with Gasteiger partial charge in [-0.15, -0.1) is 0 Å². The molecule has 0 fully saturated rings. The van der Waals surface area contributed by atoms with Crippen LogP contribution in [0.1, 0.15) is 36.2 Å². The lowest BCUT2D eigenvalue weighted by Gasteiger charge is -2.17. The molecular weight excluding hydrogens is 455 g/mol. The van der Waals surface area contributed by atoms with E-state index in [0.29, 0.717) is 11.3 Å². The first-order chi connectivity index (χ1) is 15.4. The molecule has 2 rings (SSSR count). The lowest BCUT2D eigenvalue weighted by Crippen LogP contribution is -2.44. The van der Waals surface area contributed by atoms with E-state index < -0.39 is 30.3 Å². The zero-order chi connectivity index (χ0) is 24.8. The normalized spacial score (nSPS) is 13.4. The molecule has 6 nitrogen and oxygen atoms in total. The van der Waals surface area contributed by atoms with Gasteiger partial charge in [-0.2, -0.15) is 13.2 Å². The van der Waals surface area contributed by atoms with E-state index in [1.54, 1.807) is 45.2 Å². The summed E-state index contributed by atoms with van der Waals surface area (Å²) in [6, 6.07) is 11.6. The number of alkyl halides is 3.